The van der Waals surface area contributed by atoms with Crippen LogP contribution in [-0.4, -0.2) is 66.6 Å². The highest BCUT2D eigenvalue weighted by Crippen LogP contribution is 2.31. The topological polar surface area (TPSA) is 111 Å². The van der Waals surface area contributed by atoms with E-state index in [1.54, 1.807) is 24.3 Å². The van der Waals surface area contributed by atoms with Gasteiger partial charge in [-0.25, -0.2) is 4.79 Å². The smallest absolute Gasteiger partial charge is 0.331 e. The number of nitrogens with zero attached hydrogens (tertiary/aromatic N) is 1. The summed E-state index contributed by atoms with van der Waals surface area (Å²) in [4.78, 5) is 47.3. The lowest BCUT2D eigenvalue weighted by atomic mass is 10.2. The van der Waals surface area contributed by atoms with Gasteiger partial charge in [-0.3, -0.25) is 19.3 Å². The Morgan fingerprint density at radius 1 is 1.21 bits per heavy atom. The molecule has 1 saturated heterocycles. The first-order valence-electron chi connectivity index (χ1n) is 8.51. The minimum atomic E-state index is -0.675. The van der Waals surface area contributed by atoms with Crippen LogP contribution in [0.1, 0.15) is 5.56 Å². The zero-order valence-corrected chi connectivity index (χ0v) is 15.7. The van der Waals surface area contributed by atoms with E-state index in [2.05, 4.69) is 5.32 Å². The Balaban J connectivity index is 1.37. The summed E-state index contributed by atoms with van der Waals surface area (Å²) in [6.45, 7) is 0.702. The van der Waals surface area contributed by atoms with Crippen LogP contribution < -0.4 is 14.8 Å². The number of carbonyl (C=O) groups excluding carboxylic acids is 4. The zero-order valence-electron chi connectivity index (χ0n) is 14.8. The van der Waals surface area contributed by atoms with Gasteiger partial charge in [0.25, 0.3) is 11.1 Å². The normalized spacial score (nSPS) is 15.8. The second-order valence-electron chi connectivity index (χ2n) is 5.79. The number of hydrogen-bond donors (Lipinski definition) is 1. The minimum Gasteiger partial charge on any atom is -0.486 e. The quantitative estimate of drug-likeness (QED) is 0.524. The van der Waals surface area contributed by atoms with Gasteiger partial charge in [0.05, 0.1) is 5.75 Å². The molecule has 9 nitrogen and oxygen atoms in total. The molecule has 1 aromatic carbocycles. The number of imide groups is 1. The van der Waals surface area contributed by atoms with E-state index < -0.39 is 18.5 Å². The summed E-state index contributed by atoms with van der Waals surface area (Å²) in [6, 6.07) is 5.26. The van der Waals surface area contributed by atoms with E-state index in [0.29, 0.717) is 24.7 Å². The fourth-order valence-corrected chi connectivity index (χ4v) is 3.22. The molecule has 2 aliphatic rings. The highest BCUT2D eigenvalue weighted by atomic mass is 32.2. The maximum Gasteiger partial charge on any atom is 0.331 e. The van der Waals surface area contributed by atoms with E-state index in [1.807, 2.05) is 0 Å². The van der Waals surface area contributed by atoms with Crippen LogP contribution in [0.3, 0.4) is 0 Å². The van der Waals surface area contributed by atoms with Gasteiger partial charge >= 0.3 is 5.97 Å². The van der Waals surface area contributed by atoms with Gasteiger partial charge in [0.2, 0.25) is 5.91 Å². The molecule has 0 atom stereocenters. The number of hydrogen-bond acceptors (Lipinski definition) is 8. The van der Waals surface area contributed by atoms with Gasteiger partial charge in [0.1, 0.15) is 13.2 Å². The Hall–Kier alpha value is -3.01. The van der Waals surface area contributed by atoms with Crippen LogP contribution in [0.15, 0.2) is 24.3 Å². The van der Waals surface area contributed by atoms with Crippen LogP contribution in [0.5, 0.6) is 11.5 Å². The van der Waals surface area contributed by atoms with Crippen molar-refractivity contribution in [2.75, 3.05) is 38.7 Å². The third kappa shape index (κ3) is 5.26. The number of esters is 1. The predicted molar refractivity (Wildman–Crippen MR) is 100 cm³/mol. The van der Waals surface area contributed by atoms with E-state index in [1.165, 1.54) is 6.08 Å². The third-order valence-corrected chi connectivity index (χ3v) is 4.68. The van der Waals surface area contributed by atoms with Gasteiger partial charge in [-0.1, -0.05) is 17.8 Å². The lowest BCUT2D eigenvalue weighted by Crippen LogP contribution is -2.38. The molecule has 2 aliphatic heterocycles. The van der Waals surface area contributed by atoms with Gasteiger partial charge in [0, 0.05) is 19.2 Å². The lowest BCUT2D eigenvalue weighted by molar-refractivity contribution is -0.143. The number of carbonyl (C=O) groups is 4. The predicted octanol–water partition coefficient (Wildman–Crippen LogP) is 0.826. The van der Waals surface area contributed by atoms with Crippen molar-refractivity contribution in [3.8, 4) is 11.5 Å². The first-order valence-corrected chi connectivity index (χ1v) is 9.50. The van der Waals surface area contributed by atoms with Crippen molar-refractivity contribution < 1.29 is 33.4 Å². The van der Waals surface area contributed by atoms with Gasteiger partial charge in [0.15, 0.2) is 18.1 Å². The van der Waals surface area contributed by atoms with E-state index in [9.17, 15) is 19.2 Å². The third-order valence-electron chi connectivity index (χ3n) is 3.82. The maximum absolute atomic E-state index is 11.7. The summed E-state index contributed by atoms with van der Waals surface area (Å²) in [7, 11) is 0. The monoisotopic (exact) mass is 406 g/mol. The van der Waals surface area contributed by atoms with Crippen molar-refractivity contribution in [2.24, 2.45) is 0 Å². The summed E-state index contributed by atoms with van der Waals surface area (Å²) in [6.07, 6.45) is 2.75. The van der Waals surface area contributed by atoms with Crippen LogP contribution in [0.4, 0.5) is 4.79 Å². The van der Waals surface area contributed by atoms with Crippen molar-refractivity contribution in [1.82, 2.24) is 10.2 Å². The summed E-state index contributed by atoms with van der Waals surface area (Å²) in [5.41, 5.74) is 0.725. The molecule has 28 heavy (non-hydrogen) atoms. The Morgan fingerprint density at radius 3 is 2.75 bits per heavy atom. The molecule has 1 N–H and O–H groups in total. The molecule has 0 bridgehead atoms. The Labute approximate surface area is 165 Å². The minimum absolute atomic E-state index is 0.0916. The molecule has 3 amide bonds. The summed E-state index contributed by atoms with van der Waals surface area (Å²) < 4.78 is 15.7. The second kappa shape index (κ2) is 9.27. The standard InChI is InChI=1S/C18H18N2O7S/c21-15(19-5-6-20-16(22)11-28-18(20)24)10-27-17(23)4-2-12-1-3-13-14(9-12)26-8-7-25-13/h1-4,9H,5-8,10-11H2,(H,19,21)/b4-2+. The van der Waals surface area contributed by atoms with E-state index in [0.717, 1.165) is 22.2 Å². The molecule has 1 aromatic rings. The number of ether oxygens (including phenoxy) is 3. The largest absolute Gasteiger partial charge is 0.486 e. The lowest BCUT2D eigenvalue weighted by Gasteiger charge is -2.18. The average Bonchev–Trinajstić information content (AvgIpc) is 3.02. The van der Waals surface area contributed by atoms with Crippen molar-refractivity contribution in [3.63, 3.8) is 0 Å². The highest BCUT2D eigenvalue weighted by Gasteiger charge is 2.29. The molecule has 148 valence electrons. The zero-order chi connectivity index (χ0) is 19.9. The fraction of sp³-hybridized carbons (Fsp3) is 0.333. The fourth-order valence-electron chi connectivity index (χ4n) is 2.47. The van der Waals surface area contributed by atoms with E-state index in [4.69, 9.17) is 14.2 Å². The number of rotatable bonds is 7. The summed E-state index contributed by atoms with van der Waals surface area (Å²) in [5.74, 6) is -0.0905. The van der Waals surface area contributed by atoms with Crippen molar-refractivity contribution in [2.45, 2.75) is 0 Å². The molecule has 1 fully saturated rings. The molecule has 0 spiro atoms. The Bertz CT molecular complexity index is 808. The van der Waals surface area contributed by atoms with Gasteiger partial charge in [-0.2, -0.15) is 0 Å². The van der Waals surface area contributed by atoms with Crippen LogP contribution in [0.25, 0.3) is 6.08 Å². The number of thioether (sulfide) groups is 1. The average molecular weight is 406 g/mol. The van der Waals surface area contributed by atoms with E-state index in [-0.39, 0.29) is 30.0 Å². The number of nitrogens with one attached hydrogen (secondary N) is 1. The molecule has 0 radical (unpaired) electrons. The molecule has 0 unspecified atom stereocenters. The van der Waals surface area contributed by atoms with Crippen LogP contribution in [0.2, 0.25) is 0 Å². The van der Waals surface area contributed by atoms with Gasteiger partial charge in [-0.15, -0.1) is 0 Å². The van der Waals surface area contributed by atoms with Gasteiger partial charge < -0.3 is 19.5 Å². The molecule has 0 saturated carbocycles. The van der Waals surface area contributed by atoms with Crippen molar-refractivity contribution in [1.29, 1.82) is 0 Å². The molecule has 0 aromatic heterocycles. The molecular formula is C18H18N2O7S. The maximum atomic E-state index is 11.7. The molecule has 0 aliphatic carbocycles. The SMILES string of the molecule is O=C(COC(=O)/C=C/c1ccc2c(c1)OCCO2)NCCN1C(=O)CSC1=O. The highest BCUT2D eigenvalue weighted by molar-refractivity contribution is 8.14. The van der Waals surface area contributed by atoms with Crippen molar-refractivity contribution in [3.05, 3.63) is 29.8 Å². The number of amides is 3. The van der Waals surface area contributed by atoms with Crippen molar-refractivity contribution >= 4 is 40.9 Å². The number of benzene rings is 1. The molecule has 3 rings (SSSR count). The summed E-state index contributed by atoms with van der Waals surface area (Å²) in [5, 5.41) is 2.16. The van der Waals surface area contributed by atoms with Crippen LogP contribution in [0, 0.1) is 0 Å². The Morgan fingerprint density at radius 2 is 2.00 bits per heavy atom. The molecule has 2 heterocycles. The first-order chi connectivity index (χ1) is 13.5. The number of fused-ring (bicyclic) bond motifs is 1. The van der Waals surface area contributed by atoms with Crippen LogP contribution >= 0.6 is 11.8 Å². The Kier molecular flexibility index (Phi) is 6.53. The first kappa shape index (κ1) is 19.7. The molecule has 10 heteroatoms. The second-order valence-corrected chi connectivity index (χ2v) is 6.72. The van der Waals surface area contributed by atoms with E-state index >= 15 is 0 Å². The van der Waals surface area contributed by atoms with Crippen LogP contribution in [-0.2, 0) is 19.1 Å². The van der Waals surface area contributed by atoms with Gasteiger partial charge in [-0.05, 0) is 23.8 Å². The molecular weight excluding hydrogens is 388 g/mol. The summed E-state index contributed by atoms with van der Waals surface area (Å²) >= 11 is 0.931.